The van der Waals surface area contributed by atoms with Crippen molar-refractivity contribution in [1.29, 1.82) is 0 Å². The third kappa shape index (κ3) is 5.95. The van der Waals surface area contributed by atoms with Crippen molar-refractivity contribution in [2.45, 2.75) is 33.2 Å². The molecule has 0 bridgehead atoms. The zero-order chi connectivity index (χ0) is 18.1. The summed E-state index contributed by atoms with van der Waals surface area (Å²) in [6.07, 6.45) is 6.33. The lowest BCUT2D eigenvalue weighted by Crippen LogP contribution is -2.24. The van der Waals surface area contributed by atoms with Crippen LogP contribution in [0.4, 0.5) is 5.82 Å². The van der Waals surface area contributed by atoms with Crippen LogP contribution in [0.15, 0.2) is 48.6 Å². The molecule has 0 unspecified atom stereocenters. The Hall–Kier alpha value is -2.82. The van der Waals surface area contributed by atoms with Gasteiger partial charge in [0.05, 0.1) is 5.56 Å². The summed E-state index contributed by atoms with van der Waals surface area (Å²) in [7, 11) is 0. The molecule has 5 heteroatoms. The number of unbranched alkanes of at least 4 members (excludes halogenated alkanes) is 1. The number of aromatic nitrogens is 1. The smallest absolute Gasteiger partial charge is 0.255 e. The van der Waals surface area contributed by atoms with Gasteiger partial charge in [0.25, 0.3) is 5.91 Å². The average Bonchev–Trinajstić information content (AvgIpc) is 2.60. The molecule has 1 heterocycles. The molecule has 5 nitrogen and oxygen atoms in total. The van der Waals surface area contributed by atoms with Gasteiger partial charge in [-0.1, -0.05) is 37.6 Å². The molecule has 0 spiro atoms. The highest BCUT2D eigenvalue weighted by Gasteiger charge is 2.10. The molecule has 2 aromatic rings. The second-order valence-electron chi connectivity index (χ2n) is 5.79. The number of carbonyl (C=O) groups excluding carboxylic acids is 1. The van der Waals surface area contributed by atoms with Crippen molar-refractivity contribution in [3.63, 3.8) is 0 Å². The number of rotatable bonds is 8. The van der Waals surface area contributed by atoms with Crippen LogP contribution in [0.5, 0.6) is 5.75 Å². The Morgan fingerprint density at radius 3 is 2.88 bits per heavy atom. The average molecular weight is 339 g/mol. The van der Waals surface area contributed by atoms with Crippen molar-refractivity contribution in [3.8, 4) is 5.75 Å². The summed E-state index contributed by atoms with van der Waals surface area (Å²) in [6, 6.07) is 11.1. The molecule has 2 rings (SSSR count). The first-order valence-electron chi connectivity index (χ1n) is 8.48. The van der Waals surface area contributed by atoms with Gasteiger partial charge in [-0.05, 0) is 43.2 Å². The first-order chi connectivity index (χ1) is 12.1. The van der Waals surface area contributed by atoms with E-state index in [0.29, 0.717) is 18.7 Å². The largest absolute Gasteiger partial charge is 0.490 e. The fourth-order valence-electron chi connectivity index (χ4n) is 2.29. The monoisotopic (exact) mass is 339 g/mol. The van der Waals surface area contributed by atoms with Gasteiger partial charge in [0, 0.05) is 12.2 Å². The molecular formula is C20H25N3O2. The van der Waals surface area contributed by atoms with Gasteiger partial charge in [-0.2, -0.15) is 0 Å². The molecule has 0 fully saturated rings. The Morgan fingerprint density at radius 2 is 2.12 bits per heavy atom. The zero-order valence-corrected chi connectivity index (χ0v) is 14.8. The first kappa shape index (κ1) is 18.5. The van der Waals surface area contributed by atoms with Crippen LogP contribution in [-0.2, 0) is 6.54 Å². The van der Waals surface area contributed by atoms with E-state index in [1.54, 1.807) is 12.1 Å². The van der Waals surface area contributed by atoms with Crippen LogP contribution < -0.4 is 15.8 Å². The quantitative estimate of drug-likeness (QED) is 0.720. The van der Waals surface area contributed by atoms with Crippen LogP contribution in [0.1, 0.15) is 41.4 Å². The number of aryl methyl sites for hydroxylation is 1. The van der Waals surface area contributed by atoms with Crippen molar-refractivity contribution in [1.82, 2.24) is 10.3 Å². The molecule has 0 saturated heterocycles. The minimum absolute atomic E-state index is 0.237. The number of anilines is 1. The fraction of sp³-hybridized carbons (Fsp3) is 0.300. The van der Waals surface area contributed by atoms with Crippen LogP contribution in [0.25, 0.3) is 0 Å². The van der Waals surface area contributed by atoms with E-state index in [9.17, 15) is 4.79 Å². The number of ether oxygens (including phenoxy) is 1. The SMILES string of the molecule is CCCC=CCOc1cccc(CNC(=O)c2ccc(C)nc2N)c1. The zero-order valence-electron chi connectivity index (χ0n) is 14.8. The van der Waals surface area contributed by atoms with Crippen LogP contribution in [0.3, 0.4) is 0 Å². The van der Waals surface area contributed by atoms with E-state index < -0.39 is 0 Å². The molecule has 1 aromatic carbocycles. The number of amides is 1. The Bertz CT molecular complexity index is 741. The summed E-state index contributed by atoms with van der Waals surface area (Å²) in [5, 5.41) is 2.86. The summed E-state index contributed by atoms with van der Waals surface area (Å²) in [5.41, 5.74) is 7.94. The van der Waals surface area contributed by atoms with Crippen molar-refractivity contribution in [2.24, 2.45) is 0 Å². The highest BCUT2D eigenvalue weighted by Crippen LogP contribution is 2.14. The predicted molar refractivity (Wildman–Crippen MR) is 101 cm³/mol. The predicted octanol–water partition coefficient (Wildman–Crippen LogP) is 3.64. The third-order valence-electron chi connectivity index (χ3n) is 3.63. The van der Waals surface area contributed by atoms with Gasteiger partial charge in [-0.3, -0.25) is 4.79 Å². The number of nitrogens with two attached hydrogens (primary N) is 1. The van der Waals surface area contributed by atoms with E-state index in [1.807, 2.05) is 37.3 Å². The second-order valence-corrected chi connectivity index (χ2v) is 5.79. The molecular weight excluding hydrogens is 314 g/mol. The van der Waals surface area contributed by atoms with Gasteiger partial charge >= 0.3 is 0 Å². The Kier molecular flexibility index (Phi) is 7.01. The lowest BCUT2D eigenvalue weighted by Gasteiger charge is -2.09. The molecule has 0 radical (unpaired) electrons. The maximum atomic E-state index is 12.2. The minimum Gasteiger partial charge on any atom is -0.490 e. The van der Waals surface area contributed by atoms with E-state index in [2.05, 4.69) is 23.3 Å². The second kappa shape index (κ2) is 9.47. The van der Waals surface area contributed by atoms with Gasteiger partial charge < -0.3 is 15.8 Å². The minimum atomic E-state index is -0.237. The lowest BCUT2D eigenvalue weighted by molar-refractivity contribution is 0.0951. The van der Waals surface area contributed by atoms with Crippen LogP contribution in [0.2, 0.25) is 0 Å². The number of nitrogens with zero attached hydrogens (tertiary/aromatic N) is 1. The van der Waals surface area contributed by atoms with E-state index >= 15 is 0 Å². The highest BCUT2D eigenvalue weighted by atomic mass is 16.5. The van der Waals surface area contributed by atoms with E-state index in [1.165, 1.54) is 0 Å². The molecule has 0 aliphatic rings. The topological polar surface area (TPSA) is 77.2 Å². The number of nitrogen functional groups attached to an aromatic ring is 1. The van der Waals surface area contributed by atoms with Gasteiger partial charge in [-0.15, -0.1) is 0 Å². The number of carbonyl (C=O) groups is 1. The summed E-state index contributed by atoms with van der Waals surface area (Å²) in [6.45, 7) is 4.92. The molecule has 1 amide bonds. The van der Waals surface area contributed by atoms with Gasteiger partial charge in [0.2, 0.25) is 0 Å². The van der Waals surface area contributed by atoms with E-state index in [-0.39, 0.29) is 11.7 Å². The molecule has 3 N–H and O–H groups in total. The molecule has 132 valence electrons. The molecule has 25 heavy (non-hydrogen) atoms. The van der Waals surface area contributed by atoms with Crippen molar-refractivity contribution in [2.75, 3.05) is 12.3 Å². The van der Waals surface area contributed by atoms with Gasteiger partial charge in [0.1, 0.15) is 18.2 Å². The summed E-state index contributed by atoms with van der Waals surface area (Å²) in [5.74, 6) is 0.789. The standard InChI is InChI=1S/C20H25N3O2/c1-3-4-5-6-12-25-17-9-7-8-16(13-17)14-22-20(24)18-11-10-15(2)23-19(18)21/h5-11,13H,3-4,12,14H2,1-2H3,(H2,21,23)(H,22,24). The van der Waals surface area contributed by atoms with Crippen LogP contribution in [-0.4, -0.2) is 17.5 Å². The maximum Gasteiger partial charge on any atom is 0.255 e. The number of allylic oxidation sites excluding steroid dienone is 1. The number of hydrogen-bond donors (Lipinski definition) is 2. The summed E-state index contributed by atoms with van der Waals surface area (Å²) >= 11 is 0. The van der Waals surface area contributed by atoms with E-state index in [4.69, 9.17) is 10.5 Å². The van der Waals surface area contributed by atoms with Crippen molar-refractivity contribution < 1.29 is 9.53 Å². The number of nitrogens with one attached hydrogen (secondary N) is 1. The molecule has 0 aliphatic carbocycles. The molecule has 0 atom stereocenters. The van der Waals surface area contributed by atoms with Gasteiger partial charge in [-0.25, -0.2) is 4.98 Å². The van der Waals surface area contributed by atoms with Gasteiger partial charge in [0.15, 0.2) is 0 Å². The fourth-order valence-corrected chi connectivity index (χ4v) is 2.29. The number of benzene rings is 1. The summed E-state index contributed by atoms with van der Waals surface area (Å²) < 4.78 is 5.69. The van der Waals surface area contributed by atoms with E-state index in [0.717, 1.165) is 29.8 Å². The lowest BCUT2D eigenvalue weighted by atomic mass is 10.2. The molecule has 1 aromatic heterocycles. The Labute approximate surface area is 148 Å². The summed E-state index contributed by atoms with van der Waals surface area (Å²) in [4.78, 5) is 16.3. The molecule has 0 saturated carbocycles. The Balaban J connectivity index is 1.90. The number of pyridine rings is 1. The third-order valence-corrected chi connectivity index (χ3v) is 3.63. The maximum absolute atomic E-state index is 12.2. The Morgan fingerprint density at radius 1 is 1.28 bits per heavy atom. The number of hydrogen-bond acceptors (Lipinski definition) is 4. The highest BCUT2D eigenvalue weighted by molar-refractivity contribution is 5.98. The van der Waals surface area contributed by atoms with Crippen molar-refractivity contribution >= 4 is 11.7 Å². The van der Waals surface area contributed by atoms with Crippen molar-refractivity contribution in [3.05, 3.63) is 65.4 Å². The van der Waals surface area contributed by atoms with Crippen LogP contribution >= 0.6 is 0 Å². The van der Waals surface area contributed by atoms with Crippen LogP contribution in [0, 0.1) is 6.92 Å². The normalized spacial score (nSPS) is 10.8. The first-order valence-corrected chi connectivity index (χ1v) is 8.48. The molecule has 0 aliphatic heterocycles.